The van der Waals surface area contributed by atoms with Gasteiger partial charge in [-0.15, -0.1) is 0 Å². The monoisotopic (exact) mass is 221 g/mol. The molecule has 0 aliphatic carbocycles. The molecule has 0 aliphatic heterocycles. The van der Waals surface area contributed by atoms with Gasteiger partial charge in [-0.1, -0.05) is 19.1 Å². The molecule has 16 heavy (non-hydrogen) atoms. The van der Waals surface area contributed by atoms with Gasteiger partial charge in [-0.3, -0.25) is 0 Å². The van der Waals surface area contributed by atoms with Gasteiger partial charge in [0.2, 0.25) is 0 Å². The van der Waals surface area contributed by atoms with E-state index in [0.717, 1.165) is 5.75 Å². The Morgan fingerprint density at radius 1 is 1.19 bits per heavy atom. The number of ether oxygens (including phenoxy) is 1. The number of nitrogens with two attached hydrogens (primary N) is 1. The van der Waals surface area contributed by atoms with Crippen molar-refractivity contribution in [1.82, 2.24) is 0 Å². The zero-order chi connectivity index (χ0) is 12.5. The van der Waals surface area contributed by atoms with Crippen LogP contribution in [-0.4, -0.2) is 12.6 Å². The molecule has 1 rings (SSSR count). The molecular weight excluding hydrogens is 198 g/mol. The zero-order valence-corrected chi connectivity index (χ0v) is 11.2. The van der Waals surface area contributed by atoms with Crippen molar-refractivity contribution in [3.63, 3.8) is 0 Å². The summed E-state index contributed by atoms with van der Waals surface area (Å²) in [6, 6.07) is 4.34. The Labute approximate surface area is 98.8 Å². The van der Waals surface area contributed by atoms with Gasteiger partial charge in [0.05, 0.1) is 7.11 Å². The Morgan fingerprint density at radius 3 is 1.94 bits per heavy atom. The summed E-state index contributed by atoms with van der Waals surface area (Å²) in [5, 5.41) is 0. The third kappa shape index (κ3) is 2.56. The van der Waals surface area contributed by atoms with Gasteiger partial charge in [0.1, 0.15) is 5.75 Å². The van der Waals surface area contributed by atoms with Gasteiger partial charge in [0.25, 0.3) is 0 Å². The molecule has 2 heteroatoms. The minimum Gasteiger partial charge on any atom is -0.496 e. The van der Waals surface area contributed by atoms with E-state index >= 15 is 0 Å². The van der Waals surface area contributed by atoms with Gasteiger partial charge >= 0.3 is 0 Å². The van der Waals surface area contributed by atoms with Crippen LogP contribution in [-0.2, 0) is 0 Å². The molecule has 1 unspecified atom stereocenters. The van der Waals surface area contributed by atoms with Gasteiger partial charge in [-0.25, -0.2) is 0 Å². The Morgan fingerprint density at radius 2 is 1.62 bits per heavy atom. The first-order valence-corrected chi connectivity index (χ1v) is 5.71. The standard InChI is InChI=1S/C14H23NO/c1-9-7-12(11(3)14(4,5)15)8-10(2)13(9)16-6/h7-8,11H,15H2,1-6H3. The molecule has 0 saturated carbocycles. The number of benzene rings is 1. The first kappa shape index (κ1) is 13.0. The second-order valence-corrected chi connectivity index (χ2v) is 5.23. The Hall–Kier alpha value is -1.02. The van der Waals surface area contributed by atoms with Gasteiger partial charge in [-0.05, 0) is 50.3 Å². The van der Waals surface area contributed by atoms with Crippen LogP contribution >= 0.6 is 0 Å². The summed E-state index contributed by atoms with van der Waals surface area (Å²) in [6.45, 7) is 10.4. The van der Waals surface area contributed by atoms with E-state index in [1.165, 1.54) is 16.7 Å². The highest BCUT2D eigenvalue weighted by molar-refractivity contribution is 5.44. The molecule has 2 nitrogen and oxygen atoms in total. The summed E-state index contributed by atoms with van der Waals surface area (Å²) in [7, 11) is 1.71. The fourth-order valence-corrected chi connectivity index (χ4v) is 1.99. The third-order valence-electron chi connectivity index (χ3n) is 3.30. The highest BCUT2D eigenvalue weighted by atomic mass is 16.5. The van der Waals surface area contributed by atoms with Crippen molar-refractivity contribution in [3.8, 4) is 5.75 Å². The topological polar surface area (TPSA) is 35.2 Å². The predicted octanol–water partition coefficient (Wildman–Crippen LogP) is 3.15. The van der Waals surface area contributed by atoms with E-state index in [-0.39, 0.29) is 5.54 Å². The third-order valence-corrected chi connectivity index (χ3v) is 3.30. The predicted molar refractivity (Wildman–Crippen MR) is 69.1 cm³/mol. The summed E-state index contributed by atoms with van der Waals surface area (Å²) < 4.78 is 5.36. The van der Waals surface area contributed by atoms with Crippen molar-refractivity contribution in [2.24, 2.45) is 5.73 Å². The van der Waals surface area contributed by atoms with E-state index in [4.69, 9.17) is 10.5 Å². The van der Waals surface area contributed by atoms with Gasteiger partial charge in [0.15, 0.2) is 0 Å². The molecule has 0 fully saturated rings. The van der Waals surface area contributed by atoms with Crippen molar-refractivity contribution < 1.29 is 4.74 Å². The van der Waals surface area contributed by atoms with Crippen LogP contribution < -0.4 is 10.5 Å². The van der Waals surface area contributed by atoms with Crippen LogP contribution in [0, 0.1) is 13.8 Å². The smallest absolute Gasteiger partial charge is 0.124 e. The van der Waals surface area contributed by atoms with E-state index in [9.17, 15) is 0 Å². The average molecular weight is 221 g/mol. The van der Waals surface area contributed by atoms with Crippen molar-refractivity contribution >= 4 is 0 Å². The summed E-state index contributed by atoms with van der Waals surface area (Å²) in [5.41, 5.74) is 9.58. The van der Waals surface area contributed by atoms with Crippen LogP contribution in [0.25, 0.3) is 0 Å². The van der Waals surface area contributed by atoms with Gasteiger partial charge in [-0.2, -0.15) is 0 Å². The van der Waals surface area contributed by atoms with Crippen LogP contribution in [0.2, 0.25) is 0 Å². The molecule has 0 aliphatic rings. The van der Waals surface area contributed by atoms with Gasteiger partial charge < -0.3 is 10.5 Å². The number of rotatable bonds is 3. The second kappa shape index (κ2) is 4.46. The molecule has 1 atom stereocenters. The molecule has 1 aromatic rings. The van der Waals surface area contributed by atoms with E-state index in [1.807, 2.05) is 0 Å². The minimum absolute atomic E-state index is 0.201. The van der Waals surface area contributed by atoms with Crippen molar-refractivity contribution in [3.05, 3.63) is 28.8 Å². The molecule has 1 aromatic carbocycles. The quantitative estimate of drug-likeness (QED) is 0.851. The van der Waals surface area contributed by atoms with Crippen LogP contribution in [0.4, 0.5) is 0 Å². The van der Waals surface area contributed by atoms with Crippen LogP contribution in [0.1, 0.15) is 43.4 Å². The SMILES string of the molecule is COc1c(C)cc(C(C)C(C)(C)N)cc1C. The number of hydrogen-bond donors (Lipinski definition) is 1. The normalized spacial score (nSPS) is 13.7. The lowest BCUT2D eigenvalue weighted by atomic mass is 9.83. The maximum absolute atomic E-state index is 6.15. The van der Waals surface area contributed by atoms with E-state index in [2.05, 4.69) is 46.8 Å². The maximum atomic E-state index is 6.15. The molecule has 90 valence electrons. The van der Waals surface area contributed by atoms with E-state index in [0.29, 0.717) is 5.92 Å². The lowest BCUT2D eigenvalue weighted by molar-refractivity contribution is 0.406. The first-order chi connectivity index (χ1) is 7.27. The van der Waals surface area contributed by atoms with Crippen LogP contribution in [0.3, 0.4) is 0 Å². The molecule has 0 saturated heterocycles. The lowest BCUT2D eigenvalue weighted by Gasteiger charge is -2.28. The molecule has 0 aromatic heterocycles. The summed E-state index contributed by atoms with van der Waals surface area (Å²) in [6.07, 6.45) is 0. The molecule has 0 heterocycles. The summed E-state index contributed by atoms with van der Waals surface area (Å²) in [4.78, 5) is 0. The fourth-order valence-electron chi connectivity index (χ4n) is 1.99. The highest BCUT2D eigenvalue weighted by Crippen LogP contribution is 2.31. The Balaban J connectivity index is 3.19. The van der Waals surface area contributed by atoms with Crippen LogP contribution in [0.15, 0.2) is 12.1 Å². The van der Waals surface area contributed by atoms with Gasteiger partial charge in [0, 0.05) is 5.54 Å². The Bertz CT molecular complexity index is 354. The molecular formula is C14H23NO. The number of methoxy groups -OCH3 is 1. The average Bonchev–Trinajstić information content (AvgIpc) is 2.14. The molecule has 0 radical (unpaired) electrons. The minimum atomic E-state index is -0.201. The first-order valence-electron chi connectivity index (χ1n) is 5.71. The maximum Gasteiger partial charge on any atom is 0.124 e. The second-order valence-electron chi connectivity index (χ2n) is 5.23. The summed E-state index contributed by atoms with van der Waals surface area (Å²) in [5.74, 6) is 1.31. The largest absolute Gasteiger partial charge is 0.496 e. The molecule has 0 amide bonds. The Kier molecular flexibility index (Phi) is 3.64. The van der Waals surface area contributed by atoms with Crippen molar-refractivity contribution in [2.45, 2.75) is 46.1 Å². The molecule has 0 spiro atoms. The van der Waals surface area contributed by atoms with Crippen LogP contribution in [0.5, 0.6) is 5.75 Å². The van der Waals surface area contributed by atoms with E-state index in [1.54, 1.807) is 7.11 Å². The summed E-state index contributed by atoms with van der Waals surface area (Å²) >= 11 is 0. The lowest BCUT2D eigenvalue weighted by Crippen LogP contribution is -2.37. The van der Waals surface area contributed by atoms with E-state index < -0.39 is 0 Å². The number of aryl methyl sites for hydroxylation is 2. The molecule has 2 N–H and O–H groups in total. The highest BCUT2D eigenvalue weighted by Gasteiger charge is 2.23. The fraction of sp³-hybridized carbons (Fsp3) is 0.571. The molecule has 0 bridgehead atoms. The van der Waals surface area contributed by atoms with Crippen molar-refractivity contribution in [1.29, 1.82) is 0 Å². The van der Waals surface area contributed by atoms with Crippen molar-refractivity contribution in [2.75, 3.05) is 7.11 Å². The zero-order valence-electron chi connectivity index (χ0n) is 11.2. The number of hydrogen-bond acceptors (Lipinski definition) is 2.